The molecule has 152 valence electrons. The summed E-state index contributed by atoms with van der Waals surface area (Å²) >= 11 is 12.2. The second-order valence-corrected chi connectivity index (χ2v) is 7.62. The molecule has 2 aromatic carbocycles. The monoisotopic (exact) mass is 441 g/mol. The fourth-order valence-corrected chi connectivity index (χ4v) is 3.72. The molecule has 0 aliphatic rings. The van der Waals surface area contributed by atoms with Gasteiger partial charge in [0, 0.05) is 11.6 Å². The lowest BCUT2D eigenvalue weighted by molar-refractivity contribution is -0.133. The Hall–Kier alpha value is -3.09. The standard InChI is InChI=1S/C22H17Cl2N3O3/c23-16-9-18-21(19(24)10-16)25-14-27(22(18)29)13-20(28)26(12-17-7-4-8-30-17)11-15-5-2-1-3-6-15/h1-10,14H,11-13H2. The van der Waals surface area contributed by atoms with E-state index in [-0.39, 0.29) is 35.0 Å². The molecule has 30 heavy (non-hydrogen) atoms. The van der Waals surface area contributed by atoms with Crippen LogP contribution >= 0.6 is 23.2 Å². The molecule has 0 saturated carbocycles. The Morgan fingerprint density at radius 2 is 1.87 bits per heavy atom. The van der Waals surface area contributed by atoms with Gasteiger partial charge in [-0.25, -0.2) is 4.98 Å². The van der Waals surface area contributed by atoms with Crippen LogP contribution in [0.5, 0.6) is 0 Å². The van der Waals surface area contributed by atoms with Crippen LogP contribution in [0.25, 0.3) is 10.9 Å². The van der Waals surface area contributed by atoms with Crippen molar-refractivity contribution in [3.8, 4) is 0 Å². The molecule has 0 bridgehead atoms. The number of nitrogens with zero attached hydrogens (tertiary/aromatic N) is 3. The van der Waals surface area contributed by atoms with Gasteiger partial charge in [-0.3, -0.25) is 14.2 Å². The van der Waals surface area contributed by atoms with E-state index in [4.69, 9.17) is 27.6 Å². The van der Waals surface area contributed by atoms with E-state index >= 15 is 0 Å². The highest BCUT2D eigenvalue weighted by atomic mass is 35.5. The molecule has 2 heterocycles. The van der Waals surface area contributed by atoms with Crippen molar-refractivity contribution in [3.63, 3.8) is 0 Å². The Kier molecular flexibility index (Phi) is 5.88. The van der Waals surface area contributed by atoms with Crippen molar-refractivity contribution >= 4 is 40.0 Å². The van der Waals surface area contributed by atoms with Crippen LogP contribution in [0, 0.1) is 0 Å². The molecule has 0 atom stereocenters. The first-order chi connectivity index (χ1) is 14.5. The van der Waals surface area contributed by atoms with Crippen molar-refractivity contribution in [2.75, 3.05) is 0 Å². The van der Waals surface area contributed by atoms with Crippen molar-refractivity contribution in [1.29, 1.82) is 0 Å². The van der Waals surface area contributed by atoms with E-state index in [1.165, 1.54) is 23.0 Å². The van der Waals surface area contributed by atoms with Crippen LogP contribution in [0.3, 0.4) is 0 Å². The molecule has 0 N–H and O–H groups in total. The quantitative estimate of drug-likeness (QED) is 0.440. The highest BCUT2D eigenvalue weighted by Gasteiger charge is 2.18. The van der Waals surface area contributed by atoms with Crippen LogP contribution in [0.1, 0.15) is 11.3 Å². The summed E-state index contributed by atoms with van der Waals surface area (Å²) in [7, 11) is 0. The summed E-state index contributed by atoms with van der Waals surface area (Å²) in [4.78, 5) is 31.9. The number of halogens is 2. The molecule has 1 amide bonds. The molecular formula is C22H17Cl2N3O3. The maximum Gasteiger partial charge on any atom is 0.261 e. The molecule has 8 heteroatoms. The molecule has 4 rings (SSSR count). The third-order valence-corrected chi connectivity index (χ3v) is 5.15. The van der Waals surface area contributed by atoms with Gasteiger partial charge in [-0.15, -0.1) is 0 Å². The highest BCUT2D eigenvalue weighted by Crippen LogP contribution is 2.24. The molecule has 0 aliphatic heterocycles. The van der Waals surface area contributed by atoms with Crippen LogP contribution in [-0.2, 0) is 24.4 Å². The van der Waals surface area contributed by atoms with Gasteiger partial charge in [0.2, 0.25) is 5.91 Å². The molecule has 0 radical (unpaired) electrons. The lowest BCUT2D eigenvalue weighted by atomic mass is 10.2. The van der Waals surface area contributed by atoms with Crippen LogP contribution in [-0.4, -0.2) is 20.4 Å². The first kappa shape index (κ1) is 20.2. The van der Waals surface area contributed by atoms with Crippen molar-refractivity contribution in [3.05, 3.63) is 98.9 Å². The van der Waals surface area contributed by atoms with E-state index in [1.807, 2.05) is 30.3 Å². The van der Waals surface area contributed by atoms with Crippen LogP contribution in [0.2, 0.25) is 10.0 Å². The van der Waals surface area contributed by atoms with Gasteiger partial charge < -0.3 is 9.32 Å². The third-order valence-electron chi connectivity index (χ3n) is 4.65. The van der Waals surface area contributed by atoms with Gasteiger partial charge in [-0.05, 0) is 29.8 Å². The summed E-state index contributed by atoms with van der Waals surface area (Å²) in [6.07, 6.45) is 2.89. The molecule has 0 spiro atoms. The van der Waals surface area contributed by atoms with Gasteiger partial charge >= 0.3 is 0 Å². The summed E-state index contributed by atoms with van der Waals surface area (Å²) in [6.45, 7) is 0.501. The normalized spacial score (nSPS) is 11.0. The SMILES string of the molecule is O=C(Cn1cnc2c(Cl)cc(Cl)cc2c1=O)N(Cc1ccccc1)Cc1ccco1. The molecule has 0 saturated heterocycles. The third kappa shape index (κ3) is 4.40. The molecule has 0 fully saturated rings. The molecule has 2 aromatic heterocycles. The van der Waals surface area contributed by atoms with Crippen LogP contribution in [0.4, 0.5) is 0 Å². The van der Waals surface area contributed by atoms with Crippen molar-refractivity contribution < 1.29 is 9.21 Å². The summed E-state index contributed by atoms with van der Waals surface area (Å²) in [5.74, 6) is 0.411. The highest BCUT2D eigenvalue weighted by molar-refractivity contribution is 6.38. The van der Waals surface area contributed by atoms with Crippen molar-refractivity contribution in [2.45, 2.75) is 19.6 Å². The number of furan rings is 1. The van der Waals surface area contributed by atoms with Crippen LogP contribution in [0.15, 0.2) is 76.4 Å². The molecule has 4 aromatic rings. The maximum atomic E-state index is 13.1. The van der Waals surface area contributed by atoms with E-state index < -0.39 is 0 Å². The fraction of sp³-hybridized carbons (Fsp3) is 0.136. The predicted octanol–water partition coefficient (Wildman–Crippen LogP) is 4.53. The number of aromatic nitrogens is 2. The summed E-state index contributed by atoms with van der Waals surface area (Å²) < 4.78 is 6.67. The van der Waals surface area contributed by atoms with Crippen molar-refractivity contribution in [1.82, 2.24) is 14.5 Å². The fourth-order valence-electron chi connectivity index (χ4n) is 3.18. The van der Waals surface area contributed by atoms with Crippen molar-refractivity contribution in [2.24, 2.45) is 0 Å². The average Bonchev–Trinajstić information content (AvgIpc) is 3.24. The minimum absolute atomic E-state index is 0.167. The van der Waals surface area contributed by atoms with E-state index in [0.717, 1.165) is 5.56 Å². The molecule has 0 unspecified atom stereocenters. The molecule has 6 nitrogen and oxygen atoms in total. The second kappa shape index (κ2) is 8.73. The summed E-state index contributed by atoms with van der Waals surface area (Å²) in [5.41, 5.74) is 0.946. The Morgan fingerprint density at radius 3 is 2.60 bits per heavy atom. The lowest BCUT2D eigenvalue weighted by Gasteiger charge is -2.22. The summed E-state index contributed by atoms with van der Waals surface area (Å²) in [5, 5.41) is 0.888. The van der Waals surface area contributed by atoms with E-state index in [9.17, 15) is 9.59 Å². The van der Waals surface area contributed by atoms with Gasteiger partial charge in [0.15, 0.2) is 0 Å². The minimum Gasteiger partial charge on any atom is -0.467 e. The number of hydrogen-bond donors (Lipinski definition) is 0. The topological polar surface area (TPSA) is 68.3 Å². The minimum atomic E-state index is -0.379. The lowest BCUT2D eigenvalue weighted by Crippen LogP contribution is -2.36. The first-order valence-electron chi connectivity index (χ1n) is 9.19. The average molecular weight is 442 g/mol. The zero-order valence-corrected chi connectivity index (χ0v) is 17.3. The Bertz CT molecular complexity index is 1240. The zero-order chi connectivity index (χ0) is 21.1. The van der Waals surface area contributed by atoms with Gasteiger partial charge in [0.1, 0.15) is 12.3 Å². The second-order valence-electron chi connectivity index (χ2n) is 6.78. The number of benzene rings is 2. The Balaban J connectivity index is 1.63. The largest absolute Gasteiger partial charge is 0.467 e. The zero-order valence-electron chi connectivity index (χ0n) is 15.8. The van der Waals surface area contributed by atoms with E-state index in [2.05, 4.69) is 4.98 Å². The number of carbonyl (C=O) groups is 1. The van der Waals surface area contributed by atoms with E-state index in [1.54, 1.807) is 23.3 Å². The van der Waals surface area contributed by atoms with Gasteiger partial charge in [0.05, 0.1) is 35.1 Å². The van der Waals surface area contributed by atoms with Gasteiger partial charge in [0.25, 0.3) is 5.56 Å². The Morgan fingerprint density at radius 1 is 1.07 bits per heavy atom. The number of carbonyl (C=O) groups excluding carboxylic acids is 1. The van der Waals surface area contributed by atoms with E-state index in [0.29, 0.717) is 22.8 Å². The number of rotatable bonds is 6. The number of hydrogen-bond acceptors (Lipinski definition) is 4. The first-order valence-corrected chi connectivity index (χ1v) is 9.95. The maximum absolute atomic E-state index is 13.1. The van der Waals surface area contributed by atoms with Crippen LogP contribution < -0.4 is 5.56 Å². The Labute approximate surface area is 182 Å². The molecular weight excluding hydrogens is 425 g/mol. The van der Waals surface area contributed by atoms with Gasteiger partial charge in [-0.1, -0.05) is 53.5 Å². The number of amides is 1. The van der Waals surface area contributed by atoms with Gasteiger partial charge in [-0.2, -0.15) is 0 Å². The summed E-state index contributed by atoms with van der Waals surface area (Å²) in [6, 6.07) is 16.2. The molecule has 0 aliphatic carbocycles. The number of fused-ring (bicyclic) bond motifs is 1. The predicted molar refractivity (Wildman–Crippen MR) is 115 cm³/mol. The smallest absolute Gasteiger partial charge is 0.261 e.